The molecular weight excluding hydrogens is 537 g/mol. The van der Waals surface area contributed by atoms with Crippen LogP contribution in [0.5, 0.6) is 0 Å². The molecule has 4 heterocycles. The lowest BCUT2D eigenvalue weighted by molar-refractivity contribution is -0.123. The number of benzene rings is 2. The summed E-state index contributed by atoms with van der Waals surface area (Å²) in [4.78, 5) is 34.7. The first-order valence-electron chi connectivity index (χ1n) is 14.2. The molecule has 0 spiro atoms. The van der Waals surface area contributed by atoms with E-state index in [2.05, 4.69) is 29.8 Å². The highest BCUT2D eigenvalue weighted by Crippen LogP contribution is 2.43. The summed E-state index contributed by atoms with van der Waals surface area (Å²) in [6.45, 7) is 3.92. The van der Waals surface area contributed by atoms with Crippen LogP contribution in [-0.2, 0) is 11.2 Å². The highest BCUT2D eigenvalue weighted by molar-refractivity contribution is 7.97. The number of nitrogens with zero attached hydrogens (tertiary/aromatic N) is 4. The zero-order valence-electron chi connectivity index (χ0n) is 23.1. The molecule has 4 aromatic rings. The van der Waals surface area contributed by atoms with Crippen LogP contribution >= 0.6 is 11.9 Å². The number of pyridine rings is 1. The van der Waals surface area contributed by atoms with Gasteiger partial charge in [-0.3, -0.25) is 9.59 Å². The number of hydrogen-bond donors (Lipinski definition) is 1. The SMILES string of the molecule is CSNC(=O)C1CN(c2ccc(-c3cn4cc(C(=O)N5CCc6ccccc6C5C)cc(C5CC5)c4n3)c(F)c2)C1. The Hall–Kier alpha value is -3.85. The van der Waals surface area contributed by atoms with Crippen LogP contribution in [0, 0.1) is 11.7 Å². The molecule has 2 amide bonds. The first kappa shape index (κ1) is 26.1. The lowest BCUT2D eigenvalue weighted by atomic mass is 9.93. The molecule has 1 atom stereocenters. The molecule has 210 valence electrons. The summed E-state index contributed by atoms with van der Waals surface area (Å²) in [5.41, 5.74) is 6.71. The second kappa shape index (κ2) is 10.2. The van der Waals surface area contributed by atoms with Crippen molar-refractivity contribution in [2.45, 2.75) is 38.1 Å². The predicted molar refractivity (Wildman–Crippen MR) is 160 cm³/mol. The molecule has 7 rings (SSSR count). The minimum Gasteiger partial charge on any atom is -0.370 e. The summed E-state index contributed by atoms with van der Waals surface area (Å²) in [5.74, 6) is -0.0352. The maximum atomic E-state index is 15.4. The fraction of sp³-hybridized carbons (Fsp3) is 0.344. The van der Waals surface area contributed by atoms with Crippen molar-refractivity contribution >= 4 is 35.1 Å². The standard InChI is InChI=1S/C32H32FN5O2S/c1-19-25-6-4-3-5-20(25)11-12-38(19)32(40)22-13-27(21-7-8-21)30-34-29(18-37(30)15-22)26-10-9-24(14-28(26)33)36-16-23(17-36)31(39)35-41-2/h3-6,9-10,13-15,18-19,21,23H,7-8,11-12,16-17H2,1-2H3,(H,35,39). The number of halogens is 1. The van der Waals surface area contributed by atoms with E-state index in [0.717, 1.165) is 36.2 Å². The molecule has 2 fully saturated rings. The summed E-state index contributed by atoms with van der Waals surface area (Å²) in [6, 6.07) is 15.5. The van der Waals surface area contributed by atoms with Crippen LogP contribution in [0.15, 0.2) is 60.9 Å². The van der Waals surface area contributed by atoms with Gasteiger partial charge in [0.05, 0.1) is 23.2 Å². The average molecular weight is 570 g/mol. The highest BCUT2D eigenvalue weighted by Gasteiger charge is 2.34. The number of carbonyl (C=O) groups excluding carboxylic acids is 2. The molecule has 1 unspecified atom stereocenters. The second-order valence-corrected chi connectivity index (χ2v) is 12.0. The van der Waals surface area contributed by atoms with Crippen molar-refractivity contribution in [2.24, 2.45) is 5.92 Å². The van der Waals surface area contributed by atoms with Crippen molar-refractivity contribution in [3.05, 3.63) is 89.0 Å². The molecule has 7 nitrogen and oxygen atoms in total. The molecule has 41 heavy (non-hydrogen) atoms. The Kier molecular flexibility index (Phi) is 6.49. The number of carbonyl (C=O) groups is 2. The molecule has 2 aromatic carbocycles. The fourth-order valence-corrected chi connectivity index (χ4v) is 6.60. The number of amides is 2. The summed E-state index contributed by atoms with van der Waals surface area (Å²) in [5, 5.41) is 0. The van der Waals surface area contributed by atoms with E-state index in [9.17, 15) is 9.59 Å². The molecule has 1 N–H and O–H groups in total. The first-order valence-corrected chi connectivity index (χ1v) is 15.4. The van der Waals surface area contributed by atoms with Crippen LogP contribution in [0.25, 0.3) is 16.9 Å². The Balaban J connectivity index is 1.17. The Labute approximate surface area is 242 Å². The number of rotatable bonds is 6. The van der Waals surface area contributed by atoms with Crippen molar-refractivity contribution in [1.82, 2.24) is 19.0 Å². The minimum absolute atomic E-state index is 0.0000778. The van der Waals surface area contributed by atoms with E-state index in [-0.39, 0.29) is 29.6 Å². The van der Waals surface area contributed by atoms with Crippen LogP contribution < -0.4 is 9.62 Å². The van der Waals surface area contributed by atoms with Gasteiger partial charge >= 0.3 is 0 Å². The van der Waals surface area contributed by atoms with Crippen molar-refractivity contribution < 1.29 is 14.0 Å². The third-order valence-corrected chi connectivity index (χ3v) is 9.15. The van der Waals surface area contributed by atoms with E-state index < -0.39 is 0 Å². The van der Waals surface area contributed by atoms with E-state index in [1.807, 2.05) is 51.0 Å². The van der Waals surface area contributed by atoms with Crippen molar-refractivity contribution in [3.8, 4) is 11.3 Å². The van der Waals surface area contributed by atoms with Gasteiger partial charge in [-0.2, -0.15) is 0 Å². The second-order valence-electron chi connectivity index (χ2n) is 11.4. The smallest absolute Gasteiger partial charge is 0.255 e. The van der Waals surface area contributed by atoms with Gasteiger partial charge in [-0.1, -0.05) is 36.2 Å². The van der Waals surface area contributed by atoms with Gasteiger partial charge in [-0.25, -0.2) is 9.37 Å². The van der Waals surface area contributed by atoms with Gasteiger partial charge in [0, 0.05) is 49.5 Å². The molecule has 1 saturated carbocycles. The largest absolute Gasteiger partial charge is 0.370 e. The van der Waals surface area contributed by atoms with E-state index in [4.69, 9.17) is 4.98 Å². The Morgan fingerprint density at radius 2 is 1.85 bits per heavy atom. The van der Waals surface area contributed by atoms with Crippen molar-refractivity contribution in [3.63, 3.8) is 0 Å². The lowest BCUT2D eigenvalue weighted by Crippen LogP contribution is -2.52. The Morgan fingerprint density at radius 3 is 2.61 bits per heavy atom. The lowest BCUT2D eigenvalue weighted by Gasteiger charge is -2.39. The summed E-state index contributed by atoms with van der Waals surface area (Å²) < 4.78 is 20.1. The molecule has 1 saturated heterocycles. The average Bonchev–Trinajstić information content (AvgIpc) is 3.70. The maximum absolute atomic E-state index is 15.4. The van der Waals surface area contributed by atoms with Crippen LogP contribution in [0.2, 0.25) is 0 Å². The maximum Gasteiger partial charge on any atom is 0.255 e. The van der Waals surface area contributed by atoms with Crippen molar-refractivity contribution in [2.75, 3.05) is 30.8 Å². The molecule has 0 radical (unpaired) electrons. The van der Waals surface area contributed by atoms with E-state index in [1.54, 1.807) is 6.07 Å². The fourth-order valence-electron chi connectivity index (χ4n) is 6.23. The third kappa shape index (κ3) is 4.66. The Bertz CT molecular complexity index is 1680. The summed E-state index contributed by atoms with van der Waals surface area (Å²) in [7, 11) is 0. The highest BCUT2D eigenvalue weighted by atomic mass is 32.2. The zero-order chi connectivity index (χ0) is 28.2. The molecule has 9 heteroatoms. The van der Waals surface area contributed by atoms with Crippen LogP contribution in [0.1, 0.15) is 58.8 Å². The minimum atomic E-state index is -0.354. The summed E-state index contributed by atoms with van der Waals surface area (Å²) >= 11 is 1.29. The van der Waals surface area contributed by atoms with Crippen LogP contribution in [0.3, 0.4) is 0 Å². The van der Waals surface area contributed by atoms with E-state index in [0.29, 0.717) is 42.4 Å². The van der Waals surface area contributed by atoms with Gasteiger partial charge in [0.2, 0.25) is 5.91 Å². The van der Waals surface area contributed by atoms with Gasteiger partial charge in [0.15, 0.2) is 0 Å². The third-order valence-electron chi connectivity index (χ3n) is 8.75. The van der Waals surface area contributed by atoms with E-state index >= 15 is 4.39 Å². The topological polar surface area (TPSA) is 70.0 Å². The van der Waals surface area contributed by atoms with Gasteiger partial charge in [-0.05, 0) is 73.1 Å². The molecule has 2 aromatic heterocycles. The number of aromatic nitrogens is 2. The molecule has 3 aliphatic rings. The normalized spacial score (nSPS) is 18.8. The van der Waals surface area contributed by atoms with Crippen LogP contribution in [-0.4, -0.2) is 52.0 Å². The predicted octanol–water partition coefficient (Wildman–Crippen LogP) is 5.61. The van der Waals surface area contributed by atoms with Gasteiger partial charge in [-0.15, -0.1) is 0 Å². The monoisotopic (exact) mass is 569 g/mol. The van der Waals surface area contributed by atoms with Crippen molar-refractivity contribution in [1.29, 1.82) is 0 Å². The number of nitrogens with one attached hydrogen (secondary N) is 1. The van der Waals surface area contributed by atoms with E-state index in [1.165, 1.54) is 29.1 Å². The number of anilines is 1. The van der Waals surface area contributed by atoms with Crippen LogP contribution in [0.4, 0.5) is 10.1 Å². The number of imidazole rings is 1. The van der Waals surface area contributed by atoms with Gasteiger partial charge < -0.3 is 18.9 Å². The molecular formula is C32H32FN5O2S. The Morgan fingerprint density at radius 1 is 1.05 bits per heavy atom. The molecule has 2 aliphatic heterocycles. The van der Waals surface area contributed by atoms with Gasteiger partial charge in [0.1, 0.15) is 11.5 Å². The molecule has 0 bridgehead atoms. The van der Waals surface area contributed by atoms with Gasteiger partial charge in [0.25, 0.3) is 5.91 Å². The number of hydrogen-bond acceptors (Lipinski definition) is 5. The molecule has 1 aliphatic carbocycles. The summed E-state index contributed by atoms with van der Waals surface area (Å²) in [6.07, 6.45) is 8.48. The zero-order valence-corrected chi connectivity index (χ0v) is 24.0. The first-order chi connectivity index (χ1) is 19.9. The quantitative estimate of drug-likeness (QED) is 0.306. The number of fused-ring (bicyclic) bond motifs is 2.